The SMILES string of the molecule is CN(C)C(=O)c1ccc(C(=O)Nc2c(C(=O)Nc3ccc(Cl)cn3)oc3cccc(C(=O)O)c23)cc1. The van der Waals surface area contributed by atoms with E-state index >= 15 is 0 Å². The van der Waals surface area contributed by atoms with Crippen molar-refractivity contribution in [1.82, 2.24) is 9.88 Å². The van der Waals surface area contributed by atoms with Gasteiger partial charge in [0.15, 0.2) is 0 Å². The summed E-state index contributed by atoms with van der Waals surface area (Å²) in [6, 6.07) is 13.2. The van der Waals surface area contributed by atoms with E-state index in [0.29, 0.717) is 10.6 Å². The van der Waals surface area contributed by atoms with Crippen LogP contribution in [0.2, 0.25) is 5.02 Å². The molecule has 4 aromatic rings. The van der Waals surface area contributed by atoms with Gasteiger partial charge < -0.3 is 25.1 Å². The fourth-order valence-corrected chi connectivity index (χ4v) is 3.55. The number of anilines is 2. The number of amides is 3. The normalized spacial score (nSPS) is 10.6. The maximum atomic E-state index is 13.1. The highest BCUT2D eigenvalue weighted by atomic mass is 35.5. The van der Waals surface area contributed by atoms with Gasteiger partial charge in [0.2, 0.25) is 5.76 Å². The molecule has 182 valence electrons. The first-order valence-corrected chi connectivity index (χ1v) is 10.9. The number of carboxylic acid groups (broad SMARTS) is 1. The quantitative estimate of drug-likeness (QED) is 0.352. The summed E-state index contributed by atoms with van der Waals surface area (Å²) in [4.78, 5) is 55.5. The van der Waals surface area contributed by atoms with Crippen molar-refractivity contribution in [3.63, 3.8) is 0 Å². The van der Waals surface area contributed by atoms with Gasteiger partial charge in [-0.05, 0) is 48.5 Å². The minimum Gasteiger partial charge on any atom is -0.478 e. The van der Waals surface area contributed by atoms with Crippen LogP contribution in [-0.2, 0) is 0 Å². The van der Waals surface area contributed by atoms with Crippen molar-refractivity contribution < 1.29 is 28.7 Å². The Morgan fingerprint density at radius 2 is 1.61 bits per heavy atom. The number of pyridine rings is 1. The zero-order valence-electron chi connectivity index (χ0n) is 19.0. The maximum Gasteiger partial charge on any atom is 0.336 e. The minimum atomic E-state index is -1.27. The van der Waals surface area contributed by atoms with Crippen molar-refractivity contribution in [2.45, 2.75) is 0 Å². The number of nitrogens with one attached hydrogen (secondary N) is 2. The molecule has 3 N–H and O–H groups in total. The largest absolute Gasteiger partial charge is 0.478 e. The standard InChI is InChI=1S/C25H19ClN4O6/c1-30(2)24(33)14-8-6-13(7-9-14)22(31)29-20-19-16(25(34)35)4-3-5-17(19)36-21(20)23(32)28-18-11-10-15(26)12-27-18/h3-12H,1-2H3,(H,29,31)(H,34,35)(H,27,28,32). The second-order valence-electron chi connectivity index (χ2n) is 7.84. The predicted octanol–water partition coefficient (Wildman–Crippen LogP) is 4.39. The van der Waals surface area contributed by atoms with Crippen LogP contribution in [0.4, 0.5) is 11.5 Å². The van der Waals surface area contributed by atoms with Crippen LogP contribution >= 0.6 is 11.6 Å². The van der Waals surface area contributed by atoms with E-state index in [0.717, 1.165) is 0 Å². The van der Waals surface area contributed by atoms with Crippen LogP contribution < -0.4 is 10.6 Å². The van der Waals surface area contributed by atoms with Crippen LogP contribution in [0, 0.1) is 0 Å². The molecule has 0 atom stereocenters. The fraction of sp³-hybridized carbons (Fsp3) is 0.0800. The number of benzene rings is 2. The molecule has 0 unspecified atom stereocenters. The molecule has 0 aliphatic heterocycles. The van der Waals surface area contributed by atoms with Crippen LogP contribution in [0.1, 0.15) is 41.6 Å². The molecule has 0 aliphatic carbocycles. The molecule has 0 radical (unpaired) electrons. The lowest BCUT2D eigenvalue weighted by atomic mass is 10.1. The molecule has 2 aromatic carbocycles. The van der Waals surface area contributed by atoms with Crippen molar-refractivity contribution >= 4 is 57.8 Å². The van der Waals surface area contributed by atoms with Gasteiger partial charge >= 0.3 is 5.97 Å². The van der Waals surface area contributed by atoms with E-state index in [1.165, 1.54) is 65.7 Å². The van der Waals surface area contributed by atoms with E-state index in [2.05, 4.69) is 15.6 Å². The molecule has 11 heteroatoms. The Balaban J connectivity index is 1.73. The average molecular weight is 507 g/mol. The Morgan fingerprint density at radius 1 is 0.917 bits per heavy atom. The molecule has 0 fully saturated rings. The molecule has 2 heterocycles. The van der Waals surface area contributed by atoms with Gasteiger partial charge in [0.1, 0.15) is 17.1 Å². The second-order valence-corrected chi connectivity index (χ2v) is 8.27. The minimum absolute atomic E-state index is 0.0481. The third kappa shape index (κ3) is 4.89. The number of hydrogen-bond acceptors (Lipinski definition) is 6. The number of halogens is 1. The Kier molecular flexibility index (Phi) is 6.71. The topological polar surface area (TPSA) is 142 Å². The number of rotatable bonds is 6. The highest BCUT2D eigenvalue weighted by Gasteiger charge is 2.26. The van der Waals surface area contributed by atoms with Gasteiger partial charge in [-0.3, -0.25) is 14.4 Å². The van der Waals surface area contributed by atoms with Gasteiger partial charge in [-0.25, -0.2) is 9.78 Å². The van der Waals surface area contributed by atoms with Crippen molar-refractivity contribution in [2.75, 3.05) is 24.7 Å². The van der Waals surface area contributed by atoms with E-state index in [1.54, 1.807) is 14.1 Å². The highest BCUT2D eigenvalue weighted by molar-refractivity contribution is 6.30. The van der Waals surface area contributed by atoms with Crippen molar-refractivity contribution in [2.24, 2.45) is 0 Å². The van der Waals surface area contributed by atoms with E-state index < -0.39 is 17.8 Å². The Hall–Kier alpha value is -4.70. The lowest BCUT2D eigenvalue weighted by Crippen LogP contribution is -2.22. The Morgan fingerprint density at radius 3 is 2.22 bits per heavy atom. The van der Waals surface area contributed by atoms with E-state index in [4.69, 9.17) is 16.0 Å². The van der Waals surface area contributed by atoms with Gasteiger partial charge in [-0.1, -0.05) is 17.7 Å². The zero-order valence-corrected chi connectivity index (χ0v) is 19.8. The number of aromatic nitrogens is 1. The van der Waals surface area contributed by atoms with E-state index in [-0.39, 0.29) is 45.3 Å². The van der Waals surface area contributed by atoms with Gasteiger partial charge in [-0.15, -0.1) is 0 Å². The monoisotopic (exact) mass is 506 g/mol. The van der Waals surface area contributed by atoms with Crippen molar-refractivity contribution in [1.29, 1.82) is 0 Å². The van der Waals surface area contributed by atoms with Gasteiger partial charge in [-0.2, -0.15) is 0 Å². The number of fused-ring (bicyclic) bond motifs is 1. The number of carbonyl (C=O) groups is 4. The van der Waals surface area contributed by atoms with E-state index in [9.17, 15) is 24.3 Å². The van der Waals surface area contributed by atoms with E-state index in [1.807, 2.05) is 0 Å². The molecule has 0 saturated heterocycles. The first-order valence-electron chi connectivity index (χ1n) is 10.5. The van der Waals surface area contributed by atoms with Crippen LogP contribution in [0.3, 0.4) is 0 Å². The molecule has 3 amide bonds. The molecule has 2 aromatic heterocycles. The molecular weight excluding hydrogens is 488 g/mol. The molecule has 36 heavy (non-hydrogen) atoms. The molecule has 0 bridgehead atoms. The molecule has 0 aliphatic rings. The third-order valence-electron chi connectivity index (χ3n) is 5.16. The Bertz CT molecular complexity index is 1490. The van der Waals surface area contributed by atoms with Crippen molar-refractivity contribution in [3.8, 4) is 0 Å². The van der Waals surface area contributed by atoms with Crippen molar-refractivity contribution in [3.05, 3.63) is 88.3 Å². The van der Waals surface area contributed by atoms with Gasteiger partial charge in [0.05, 0.1) is 16.0 Å². The molecule has 10 nitrogen and oxygen atoms in total. The fourth-order valence-electron chi connectivity index (χ4n) is 3.44. The smallest absolute Gasteiger partial charge is 0.336 e. The summed E-state index contributed by atoms with van der Waals surface area (Å²) in [5.74, 6) is -3.05. The van der Waals surface area contributed by atoms with Crippen LogP contribution in [-0.4, -0.2) is 52.8 Å². The summed E-state index contributed by atoms with van der Waals surface area (Å²) in [5.41, 5.74) is 0.369. The van der Waals surface area contributed by atoms with Crippen LogP contribution in [0.5, 0.6) is 0 Å². The lowest BCUT2D eigenvalue weighted by Gasteiger charge is -2.11. The van der Waals surface area contributed by atoms with Crippen LogP contribution in [0.25, 0.3) is 11.0 Å². The number of hydrogen-bond donors (Lipinski definition) is 3. The number of furan rings is 1. The maximum absolute atomic E-state index is 13.1. The first-order chi connectivity index (χ1) is 17.2. The summed E-state index contributed by atoms with van der Waals surface area (Å²) in [5, 5.41) is 15.2. The van der Waals surface area contributed by atoms with Crippen LogP contribution in [0.15, 0.2) is 65.2 Å². The number of nitrogens with zero attached hydrogens (tertiary/aromatic N) is 2. The molecule has 4 rings (SSSR count). The number of aromatic carboxylic acids is 1. The van der Waals surface area contributed by atoms with Gasteiger partial charge in [0, 0.05) is 31.4 Å². The summed E-state index contributed by atoms with van der Waals surface area (Å²) in [6.45, 7) is 0. The highest BCUT2D eigenvalue weighted by Crippen LogP contribution is 2.34. The molecule has 0 spiro atoms. The first kappa shape index (κ1) is 24.4. The lowest BCUT2D eigenvalue weighted by molar-refractivity contribution is 0.0698. The summed E-state index contributed by atoms with van der Waals surface area (Å²) in [6.07, 6.45) is 1.34. The summed E-state index contributed by atoms with van der Waals surface area (Å²) >= 11 is 5.83. The molecular formula is C25H19ClN4O6. The summed E-state index contributed by atoms with van der Waals surface area (Å²) < 4.78 is 5.67. The van der Waals surface area contributed by atoms with Gasteiger partial charge in [0.25, 0.3) is 17.7 Å². The second kappa shape index (κ2) is 9.88. The molecule has 0 saturated carbocycles. The zero-order chi connectivity index (χ0) is 26.0. The number of carbonyl (C=O) groups excluding carboxylic acids is 3. The average Bonchev–Trinajstić information content (AvgIpc) is 3.23. The Labute approximate surface area is 209 Å². The predicted molar refractivity (Wildman–Crippen MR) is 133 cm³/mol. The number of carboxylic acids is 1. The third-order valence-corrected chi connectivity index (χ3v) is 5.38. The summed E-state index contributed by atoms with van der Waals surface area (Å²) in [7, 11) is 3.22.